The van der Waals surface area contributed by atoms with Gasteiger partial charge in [-0.3, -0.25) is 4.68 Å². The van der Waals surface area contributed by atoms with Gasteiger partial charge in [0.15, 0.2) is 14.0 Å². The van der Waals surface area contributed by atoms with E-state index in [0.29, 0.717) is 43.5 Å². The largest absolute Gasteiger partial charge is 0.477 e. The molecule has 0 saturated carbocycles. The lowest BCUT2D eigenvalue weighted by Gasteiger charge is -2.36. The molecule has 1 aliphatic carbocycles. The Labute approximate surface area is 185 Å². The number of fused-ring (bicyclic) bond motifs is 3. The molecule has 170 valence electrons. The van der Waals surface area contributed by atoms with E-state index in [-0.39, 0.29) is 10.7 Å². The fourth-order valence-electron chi connectivity index (χ4n) is 3.80. The molecule has 3 rings (SSSR count). The number of carbonyl (C=O) groups is 1. The van der Waals surface area contributed by atoms with Gasteiger partial charge in [-0.05, 0) is 42.5 Å². The number of aromatic nitrogens is 4. The Morgan fingerprint density at radius 1 is 1.32 bits per heavy atom. The van der Waals surface area contributed by atoms with E-state index in [1.807, 2.05) is 13.1 Å². The highest BCUT2D eigenvalue weighted by molar-refractivity contribution is 6.74. The molecular weight excluding hydrogens is 410 g/mol. The van der Waals surface area contributed by atoms with E-state index >= 15 is 0 Å². The van der Waals surface area contributed by atoms with Crippen molar-refractivity contribution in [3.05, 3.63) is 23.0 Å². The molecule has 2 N–H and O–H groups in total. The number of anilines is 1. The van der Waals surface area contributed by atoms with Crippen LogP contribution in [0.4, 0.5) is 5.95 Å². The van der Waals surface area contributed by atoms with Crippen LogP contribution in [0.5, 0.6) is 0 Å². The van der Waals surface area contributed by atoms with Gasteiger partial charge in [0.25, 0.3) is 0 Å². The first-order chi connectivity index (χ1) is 14.3. The zero-order chi connectivity index (χ0) is 23.2. The number of aromatic carboxylic acids is 1. The average molecular weight is 446 g/mol. The van der Waals surface area contributed by atoms with Gasteiger partial charge in [-0.25, -0.2) is 14.8 Å². The molecule has 2 aromatic heterocycles. The van der Waals surface area contributed by atoms with Crippen LogP contribution in [0, 0.1) is 0 Å². The maximum absolute atomic E-state index is 12.3. The zero-order valence-corrected chi connectivity index (χ0v) is 21.0. The van der Waals surface area contributed by atoms with E-state index < -0.39 is 19.7 Å². The lowest BCUT2D eigenvalue weighted by molar-refractivity contribution is 0.0678. The summed E-state index contributed by atoms with van der Waals surface area (Å²) in [7, 11) is -1.93. The maximum atomic E-state index is 12.3. The van der Waals surface area contributed by atoms with Crippen LogP contribution in [0.25, 0.3) is 11.4 Å². The van der Waals surface area contributed by atoms with Crippen LogP contribution in [0.15, 0.2) is 6.20 Å². The second-order valence-electron chi connectivity index (χ2n) is 10.4. The third kappa shape index (κ3) is 4.38. The van der Waals surface area contributed by atoms with Gasteiger partial charge in [0.05, 0.1) is 18.8 Å². The van der Waals surface area contributed by atoms with E-state index in [2.05, 4.69) is 63.0 Å². The predicted molar refractivity (Wildman–Crippen MR) is 124 cm³/mol. The fourth-order valence-corrected chi connectivity index (χ4v) is 4.84. The van der Waals surface area contributed by atoms with Gasteiger partial charge < -0.3 is 14.8 Å². The van der Waals surface area contributed by atoms with Crippen molar-refractivity contribution in [2.45, 2.75) is 78.1 Å². The Balaban J connectivity index is 2.03. The summed E-state index contributed by atoms with van der Waals surface area (Å²) in [5, 5.41) is 18.0. The summed E-state index contributed by atoms with van der Waals surface area (Å²) in [6, 6.07) is 0. The molecule has 0 bridgehead atoms. The Kier molecular flexibility index (Phi) is 6.05. The smallest absolute Gasteiger partial charge is 0.354 e. The van der Waals surface area contributed by atoms with E-state index in [9.17, 15) is 9.90 Å². The summed E-state index contributed by atoms with van der Waals surface area (Å²) in [6.45, 7) is 18.6. The predicted octanol–water partition coefficient (Wildman–Crippen LogP) is 4.33. The van der Waals surface area contributed by atoms with Crippen LogP contribution in [0.1, 0.15) is 63.2 Å². The van der Waals surface area contributed by atoms with Crippen molar-refractivity contribution in [2.24, 2.45) is 0 Å². The summed E-state index contributed by atoms with van der Waals surface area (Å²) in [5.74, 6) is -0.446. The fraction of sp³-hybridized carbons (Fsp3) is 0.636. The molecule has 0 aliphatic heterocycles. The standard InChI is InChI=1S/C22H35N5O3Si/c1-9-23-20-24-13-14-12-22(5,6)15-17(16(14)25-20)26-27(18(15)19(28)29)10-11-30-31(7,8)21(2,3)4/h13H,9-12H2,1-8H3,(H,28,29)(H,23,24,25). The van der Waals surface area contributed by atoms with Crippen molar-refractivity contribution in [3.63, 3.8) is 0 Å². The van der Waals surface area contributed by atoms with E-state index in [1.54, 1.807) is 4.68 Å². The van der Waals surface area contributed by atoms with Crippen molar-refractivity contribution in [3.8, 4) is 11.4 Å². The second-order valence-corrected chi connectivity index (χ2v) is 15.2. The zero-order valence-electron chi connectivity index (χ0n) is 20.0. The quantitative estimate of drug-likeness (QED) is 0.612. The molecular formula is C22H35N5O3Si. The number of nitrogens with zero attached hydrogens (tertiary/aromatic N) is 4. The first kappa shape index (κ1) is 23.4. The molecule has 0 amide bonds. The summed E-state index contributed by atoms with van der Waals surface area (Å²) in [4.78, 5) is 21.4. The summed E-state index contributed by atoms with van der Waals surface area (Å²) >= 11 is 0. The van der Waals surface area contributed by atoms with Crippen LogP contribution < -0.4 is 5.32 Å². The van der Waals surface area contributed by atoms with Crippen LogP contribution in [0.3, 0.4) is 0 Å². The molecule has 0 spiro atoms. The van der Waals surface area contributed by atoms with E-state index in [4.69, 9.17) is 9.52 Å². The summed E-state index contributed by atoms with van der Waals surface area (Å²) in [6.07, 6.45) is 2.49. The van der Waals surface area contributed by atoms with Gasteiger partial charge in [0.1, 0.15) is 5.69 Å². The molecule has 0 unspecified atom stereocenters. The van der Waals surface area contributed by atoms with Crippen molar-refractivity contribution >= 4 is 20.2 Å². The van der Waals surface area contributed by atoms with Gasteiger partial charge in [-0.2, -0.15) is 5.10 Å². The van der Waals surface area contributed by atoms with Gasteiger partial charge >= 0.3 is 5.97 Å². The van der Waals surface area contributed by atoms with Crippen molar-refractivity contribution < 1.29 is 14.3 Å². The molecule has 0 atom stereocenters. The highest BCUT2D eigenvalue weighted by Gasteiger charge is 2.41. The third-order valence-corrected chi connectivity index (χ3v) is 11.0. The SMILES string of the molecule is CCNc1ncc2c(n1)-c1nn(CCO[Si](C)(C)C(C)(C)C)c(C(=O)O)c1C(C)(C)C2. The average Bonchev–Trinajstić information content (AvgIpc) is 3.02. The monoisotopic (exact) mass is 445 g/mol. The Morgan fingerprint density at radius 3 is 2.58 bits per heavy atom. The lowest BCUT2D eigenvalue weighted by atomic mass is 9.73. The van der Waals surface area contributed by atoms with Gasteiger partial charge in [0.2, 0.25) is 5.95 Å². The van der Waals surface area contributed by atoms with Crippen molar-refractivity contribution in [2.75, 3.05) is 18.5 Å². The Morgan fingerprint density at radius 2 is 2.00 bits per heavy atom. The van der Waals surface area contributed by atoms with Crippen LogP contribution >= 0.6 is 0 Å². The maximum Gasteiger partial charge on any atom is 0.354 e. The first-order valence-electron chi connectivity index (χ1n) is 10.9. The second kappa shape index (κ2) is 8.02. The topological polar surface area (TPSA) is 102 Å². The molecule has 0 saturated heterocycles. The number of hydrogen-bond donors (Lipinski definition) is 2. The Bertz CT molecular complexity index is 992. The summed E-state index contributed by atoms with van der Waals surface area (Å²) in [5.41, 5.74) is 2.91. The van der Waals surface area contributed by atoms with E-state index in [0.717, 1.165) is 11.1 Å². The third-order valence-electron chi connectivity index (χ3n) is 6.46. The number of carboxylic acid groups (broad SMARTS) is 1. The van der Waals surface area contributed by atoms with Gasteiger partial charge in [0, 0.05) is 18.3 Å². The van der Waals surface area contributed by atoms with Crippen LogP contribution in [-0.4, -0.2) is 52.3 Å². The molecule has 1 aliphatic rings. The van der Waals surface area contributed by atoms with Crippen LogP contribution in [0.2, 0.25) is 18.1 Å². The Hall–Kier alpha value is -2.26. The van der Waals surface area contributed by atoms with E-state index in [1.165, 1.54) is 0 Å². The number of rotatable bonds is 7. The highest BCUT2D eigenvalue weighted by atomic mass is 28.4. The molecule has 0 fully saturated rings. The number of nitrogens with one attached hydrogen (secondary N) is 1. The van der Waals surface area contributed by atoms with Crippen LogP contribution in [-0.2, 0) is 22.8 Å². The minimum atomic E-state index is -1.93. The molecule has 2 aromatic rings. The minimum Gasteiger partial charge on any atom is -0.477 e. The number of carboxylic acids is 1. The highest BCUT2D eigenvalue weighted by Crippen LogP contribution is 2.43. The molecule has 8 nitrogen and oxygen atoms in total. The molecule has 31 heavy (non-hydrogen) atoms. The lowest BCUT2D eigenvalue weighted by Crippen LogP contribution is -2.41. The van der Waals surface area contributed by atoms with Crippen molar-refractivity contribution in [1.82, 2.24) is 19.7 Å². The first-order valence-corrected chi connectivity index (χ1v) is 13.8. The summed E-state index contributed by atoms with van der Waals surface area (Å²) < 4.78 is 7.88. The number of hydrogen-bond acceptors (Lipinski definition) is 6. The van der Waals surface area contributed by atoms with Gasteiger partial charge in [-0.1, -0.05) is 34.6 Å². The molecule has 0 radical (unpaired) electrons. The molecule has 9 heteroatoms. The van der Waals surface area contributed by atoms with Crippen molar-refractivity contribution in [1.29, 1.82) is 0 Å². The minimum absolute atomic E-state index is 0.0898. The molecule has 0 aromatic carbocycles. The molecule has 2 heterocycles. The van der Waals surface area contributed by atoms with Gasteiger partial charge in [-0.15, -0.1) is 0 Å². The normalized spacial score (nSPS) is 15.4.